The third kappa shape index (κ3) is 4.10. The Morgan fingerprint density at radius 2 is 2.00 bits per heavy atom. The van der Waals surface area contributed by atoms with Crippen LogP contribution in [-0.4, -0.2) is 45.6 Å². The number of nitrogens with one attached hydrogen (secondary N) is 1. The van der Waals surface area contributed by atoms with Crippen LogP contribution in [0.2, 0.25) is 5.02 Å². The van der Waals surface area contributed by atoms with Gasteiger partial charge in [0.05, 0.1) is 30.6 Å². The summed E-state index contributed by atoms with van der Waals surface area (Å²) < 4.78 is 7.65. The molecule has 8 heteroatoms. The van der Waals surface area contributed by atoms with Crippen molar-refractivity contribution >= 4 is 35.2 Å². The first-order chi connectivity index (χ1) is 15.2. The molecule has 1 aliphatic heterocycles. The molecule has 0 aliphatic carbocycles. The zero-order valence-electron chi connectivity index (χ0n) is 16.6. The van der Waals surface area contributed by atoms with Crippen LogP contribution in [0.4, 0.5) is 11.6 Å². The first-order valence-electron chi connectivity index (χ1n) is 9.98. The van der Waals surface area contributed by atoms with Crippen molar-refractivity contribution in [2.75, 3.05) is 25.0 Å². The van der Waals surface area contributed by atoms with Gasteiger partial charge in [0, 0.05) is 22.8 Å². The lowest BCUT2D eigenvalue weighted by molar-refractivity contribution is -0.125. The Bertz CT molecular complexity index is 1220. The molecule has 5 rings (SSSR count). The zero-order chi connectivity index (χ0) is 21.2. The quantitative estimate of drug-likeness (QED) is 0.474. The van der Waals surface area contributed by atoms with Gasteiger partial charge >= 0.3 is 0 Å². The van der Waals surface area contributed by atoms with E-state index in [4.69, 9.17) is 16.3 Å². The minimum atomic E-state index is -0.110. The second kappa shape index (κ2) is 8.37. The zero-order valence-corrected chi connectivity index (χ0v) is 17.4. The van der Waals surface area contributed by atoms with E-state index in [-0.39, 0.29) is 6.10 Å². The lowest BCUT2D eigenvalue weighted by Crippen LogP contribution is -2.37. The van der Waals surface area contributed by atoms with Gasteiger partial charge in [-0.15, -0.1) is 5.10 Å². The van der Waals surface area contributed by atoms with Crippen molar-refractivity contribution in [3.63, 3.8) is 0 Å². The van der Waals surface area contributed by atoms with Crippen molar-refractivity contribution in [2.24, 2.45) is 0 Å². The number of morpholine rings is 1. The lowest BCUT2D eigenvalue weighted by atomic mass is 10.1. The highest BCUT2D eigenvalue weighted by molar-refractivity contribution is 6.30. The Hall–Kier alpha value is -3.42. The van der Waals surface area contributed by atoms with Crippen LogP contribution in [0.5, 0.6) is 0 Å². The topological polar surface area (TPSA) is 71.8 Å². The van der Waals surface area contributed by atoms with E-state index in [2.05, 4.69) is 15.4 Å². The summed E-state index contributed by atoms with van der Waals surface area (Å²) in [5.41, 5.74) is 4.71. The normalized spacial score (nSPS) is 16.4. The SMILES string of the molecule is O=CN1CCOC(c2ccc(Nc3ncc4ccc(-c5cccc(Cl)c5)n4n3)cc2)C1. The molecule has 1 fully saturated rings. The predicted octanol–water partition coefficient (Wildman–Crippen LogP) is 4.32. The molecule has 0 spiro atoms. The molecule has 2 aromatic heterocycles. The Morgan fingerprint density at radius 3 is 2.81 bits per heavy atom. The smallest absolute Gasteiger partial charge is 0.245 e. The molecule has 1 unspecified atom stereocenters. The number of amides is 1. The van der Waals surface area contributed by atoms with Gasteiger partial charge < -0.3 is 15.0 Å². The first kappa shape index (κ1) is 19.5. The summed E-state index contributed by atoms with van der Waals surface area (Å²) in [5.74, 6) is 0.487. The molecule has 3 heterocycles. The Morgan fingerprint density at radius 1 is 1.13 bits per heavy atom. The van der Waals surface area contributed by atoms with E-state index in [1.165, 1.54) is 0 Å². The van der Waals surface area contributed by atoms with E-state index in [1.54, 1.807) is 11.1 Å². The van der Waals surface area contributed by atoms with Crippen molar-refractivity contribution in [3.05, 3.63) is 77.4 Å². The average molecular weight is 434 g/mol. The number of halogens is 1. The summed E-state index contributed by atoms with van der Waals surface area (Å²) in [6.45, 7) is 1.75. The second-order valence-corrected chi connectivity index (χ2v) is 7.79. The van der Waals surface area contributed by atoms with Crippen LogP contribution in [0.15, 0.2) is 66.9 Å². The molecular formula is C23H20ClN5O2. The van der Waals surface area contributed by atoms with Crippen LogP contribution in [-0.2, 0) is 9.53 Å². The standard InChI is InChI=1S/C23H20ClN5O2/c24-18-3-1-2-17(12-18)21-9-8-20-13-25-23(27-29(20)21)26-19-6-4-16(5-7-19)22-14-28(15-30)10-11-31-22/h1-9,12-13,15,22H,10-11,14H2,(H,26,27). The molecule has 1 amide bonds. The van der Waals surface area contributed by atoms with E-state index in [0.717, 1.165) is 34.4 Å². The molecule has 1 N–H and O–H groups in total. The fraction of sp³-hybridized carbons (Fsp3) is 0.174. The number of benzene rings is 2. The molecule has 0 radical (unpaired) electrons. The summed E-state index contributed by atoms with van der Waals surface area (Å²) in [4.78, 5) is 17.2. The Kier molecular flexibility index (Phi) is 5.28. The molecular weight excluding hydrogens is 414 g/mol. The number of hydrogen-bond donors (Lipinski definition) is 1. The molecule has 7 nitrogen and oxygen atoms in total. The van der Waals surface area contributed by atoms with E-state index >= 15 is 0 Å². The van der Waals surface area contributed by atoms with Crippen LogP contribution >= 0.6 is 11.6 Å². The highest BCUT2D eigenvalue weighted by atomic mass is 35.5. The fourth-order valence-corrected chi connectivity index (χ4v) is 3.89. The number of carbonyl (C=O) groups is 1. The molecule has 1 saturated heterocycles. The molecule has 2 aromatic carbocycles. The number of aromatic nitrogens is 3. The number of anilines is 2. The second-order valence-electron chi connectivity index (χ2n) is 7.35. The van der Waals surface area contributed by atoms with Gasteiger partial charge in [-0.3, -0.25) is 4.79 Å². The van der Waals surface area contributed by atoms with Gasteiger partial charge in [-0.2, -0.15) is 0 Å². The molecule has 4 aromatic rings. The van der Waals surface area contributed by atoms with Crippen LogP contribution in [0.1, 0.15) is 11.7 Å². The predicted molar refractivity (Wildman–Crippen MR) is 119 cm³/mol. The van der Waals surface area contributed by atoms with Gasteiger partial charge in [0.25, 0.3) is 0 Å². The van der Waals surface area contributed by atoms with Gasteiger partial charge in [-0.25, -0.2) is 9.50 Å². The molecule has 1 aliphatic rings. The monoisotopic (exact) mass is 433 g/mol. The number of ether oxygens (including phenoxy) is 1. The molecule has 0 saturated carbocycles. The van der Waals surface area contributed by atoms with E-state index in [1.807, 2.05) is 65.2 Å². The average Bonchev–Trinajstić information content (AvgIpc) is 3.23. The van der Waals surface area contributed by atoms with E-state index in [0.29, 0.717) is 30.7 Å². The number of rotatable bonds is 5. The molecule has 1 atom stereocenters. The van der Waals surface area contributed by atoms with Crippen molar-refractivity contribution in [2.45, 2.75) is 6.10 Å². The lowest BCUT2D eigenvalue weighted by Gasteiger charge is -2.30. The van der Waals surface area contributed by atoms with Crippen LogP contribution < -0.4 is 5.32 Å². The Balaban J connectivity index is 1.37. The van der Waals surface area contributed by atoms with Gasteiger partial charge in [0.2, 0.25) is 12.4 Å². The van der Waals surface area contributed by atoms with E-state index in [9.17, 15) is 4.79 Å². The van der Waals surface area contributed by atoms with Crippen LogP contribution in [0.3, 0.4) is 0 Å². The van der Waals surface area contributed by atoms with Gasteiger partial charge in [-0.05, 0) is 42.0 Å². The maximum Gasteiger partial charge on any atom is 0.245 e. The summed E-state index contributed by atoms with van der Waals surface area (Å²) in [5, 5.41) is 8.58. The van der Waals surface area contributed by atoms with Crippen molar-refractivity contribution in [3.8, 4) is 11.3 Å². The first-order valence-corrected chi connectivity index (χ1v) is 10.4. The maximum absolute atomic E-state index is 11.0. The summed E-state index contributed by atoms with van der Waals surface area (Å²) >= 11 is 6.15. The summed E-state index contributed by atoms with van der Waals surface area (Å²) in [6, 6.07) is 19.6. The molecule has 0 bridgehead atoms. The Labute approximate surface area is 184 Å². The number of carbonyl (C=O) groups excluding carboxylic acids is 1. The number of fused-ring (bicyclic) bond motifs is 1. The van der Waals surface area contributed by atoms with Gasteiger partial charge in [0.15, 0.2) is 0 Å². The van der Waals surface area contributed by atoms with Crippen molar-refractivity contribution < 1.29 is 9.53 Å². The van der Waals surface area contributed by atoms with Crippen LogP contribution in [0.25, 0.3) is 16.8 Å². The molecule has 156 valence electrons. The van der Waals surface area contributed by atoms with Gasteiger partial charge in [-0.1, -0.05) is 35.9 Å². The fourth-order valence-electron chi connectivity index (χ4n) is 3.70. The minimum Gasteiger partial charge on any atom is -0.370 e. The number of hydrogen-bond acceptors (Lipinski definition) is 5. The summed E-state index contributed by atoms with van der Waals surface area (Å²) in [7, 11) is 0. The van der Waals surface area contributed by atoms with Crippen molar-refractivity contribution in [1.29, 1.82) is 0 Å². The van der Waals surface area contributed by atoms with Crippen molar-refractivity contribution in [1.82, 2.24) is 19.5 Å². The largest absolute Gasteiger partial charge is 0.370 e. The van der Waals surface area contributed by atoms with Crippen LogP contribution in [0, 0.1) is 0 Å². The number of nitrogens with zero attached hydrogens (tertiary/aromatic N) is 4. The minimum absolute atomic E-state index is 0.110. The highest BCUT2D eigenvalue weighted by Crippen LogP contribution is 2.26. The summed E-state index contributed by atoms with van der Waals surface area (Å²) in [6.07, 6.45) is 2.54. The maximum atomic E-state index is 11.0. The third-order valence-corrected chi connectivity index (χ3v) is 5.54. The van der Waals surface area contributed by atoms with E-state index < -0.39 is 0 Å². The highest BCUT2D eigenvalue weighted by Gasteiger charge is 2.20. The van der Waals surface area contributed by atoms with Gasteiger partial charge in [0.1, 0.15) is 6.10 Å². The third-order valence-electron chi connectivity index (χ3n) is 5.30. The molecule has 31 heavy (non-hydrogen) atoms.